The third-order valence-electron chi connectivity index (χ3n) is 2.12. The van der Waals surface area contributed by atoms with Crippen LogP contribution in [0.15, 0.2) is 28.8 Å². The molecule has 5 nitrogen and oxygen atoms in total. The zero-order valence-electron chi connectivity index (χ0n) is 8.94. The van der Waals surface area contributed by atoms with Gasteiger partial charge in [0.15, 0.2) is 0 Å². The minimum Gasteiger partial charge on any atom is -0.336 e. The molecule has 0 fully saturated rings. The van der Waals surface area contributed by atoms with Gasteiger partial charge in [-0.2, -0.15) is 18.2 Å². The summed E-state index contributed by atoms with van der Waals surface area (Å²) in [6.45, 7) is -0.105. The van der Waals surface area contributed by atoms with E-state index in [1.807, 2.05) is 0 Å². The van der Waals surface area contributed by atoms with Gasteiger partial charge in [-0.05, 0) is 12.1 Å². The second-order valence-electron chi connectivity index (χ2n) is 3.40. The van der Waals surface area contributed by atoms with Crippen LogP contribution in [0.3, 0.4) is 0 Å². The topological polar surface area (TPSA) is 74.2 Å². The average Bonchev–Trinajstić information content (AvgIpc) is 2.77. The highest BCUT2D eigenvalue weighted by molar-refractivity contribution is 5.55. The molecule has 0 aliphatic rings. The molecule has 2 aromatic rings. The van der Waals surface area contributed by atoms with Gasteiger partial charge in [-0.15, -0.1) is 0 Å². The van der Waals surface area contributed by atoms with Gasteiger partial charge >= 0.3 is 6.18 Å². The summed E-state index contributed by atoms with van der Waals surface area (Å²) in [6, 6.07) is 4.63. The van der Waals surface area contributed by atoms with E-state index in [1.165, 1.54) is 12.1 Å². The molecule has 1 heterocycles. The molecule has 0 amide bonds. The number of aromatic nitrogens is 2. The van der Waals surface area contributed by atoms with E-state index < -0.39 is 11.7 Å². The lowest BCUT2D eigenvalue weighted by Crippen LogP contribution is -2.04. The maximum atomic E-state index is 12.5. The number of hydrogen-bond acceptors (Lipinski definition) is 5. The summed E-state index contributed by atoms with van der Waals surface area (Å²) in [5, 5.41) is 3.54. The maximum absolute atomic E-state index is 12.5. The van der Waals surface area contributed by atoms with Gasteiger partial charge in [0.1, 0.15) is 6.61 Å². The molecular formula is C10H8F3N3O2. The zero-order valence-corrected chi connectivity index (χ0v) is 8.94. The first-order chi connectivity index (χ1) is 8.50. The minimum atomic E-state index is -4.41. The highest BCUT2D eigenvalue weighted by Gasteiger charge is 2.30. The van der Waals surface area contributed by atoms with Gasteiger partial charge in [0, 0.05) is 5.56 Å². The van der Waals surface area contributed by atoms with Gasteiger partial charge < -0.3 is 4.52 Å². The molecule has 8 heteroatoms. The van der Waals surface area contributed by atoms with Crippen molar-refractivity contribution in [3.8, 4) is 11.4 Å². The molecule has 0 saturated heterocycles. The van der Waals surface area contributed by atoms with Gasteiger partial charge in [0.25, 0.3) is 5.89 Å². The molecule has 0 bridgehead atoms. The lowest BCUT2D eigenvalue weighted by Gasteiger charge is -2.06. The van der Waals surface area contributed by atoms with Crippen molar-refractivity contribution in [3.63, 3.8) is 0 Å². The summed E-state index contributed by atoms with van der Waals surface area (Å²) in [7, 11) is 0. The van der Waals surface area contributed by atoms with Crippen molar-refractivity contribution in [1.29, 1.82) is 0 Å². The number of nitrogens with zero attached hydrogens (tertiary/aromatic N) is 2. The zero-order chi connectivity index (χ0) is 13.2. The SMILES string of the molecule is NOCc1nc(-c2cccc(C(F)(F)F)c2)no1. The average molecular weight is 259 g/mol. The molecule has 0 aliphatic heterocycles. The molecule has 1 aromatic carbocycles. The van der Waals surface area contributed by atoms with Crippen LogP contribution in [-0.4, -0.2) is 10.1 Å². The molecule has 1 aromatic heterocycles. The Morgan fingerprint density at radius 3 is 2.78 bits per heavy atom. The smallest absolute Gasteiger partial charge is 0.336 e. The number of hydrogen-bond donors (Lipinski definition) is 1. The Labute approximate surface area is 99.3 Å². The molecule has 0 aliphatic carbocycles. The van der Waals surface area contributed by atoms with Crippen LogP contribution in [0, 0.1) is 0 Å². The van der Waals surface area contributed by atoms with E-state index in [1.54, 1.807) is 0 Å². The van der Waals surface area contributed by atoms with Crippen molar-refractivity contribution in [2.75, 3.05) is 0 Å². The molecule has 0 atom stereocenters. The van der Waals surface area contributed by atoms with Crippen molar-refractivity contribution in [2.24, 2.45) is 5.90 Å². The number of nitrogens with two attached hydrogens (primary N) is 1. The Morgan fingerprint density at radius 2 is 2.11 bits per heavy atom. The number of benzene rings is 1. The van der Waals surface area contributed by atoms with E-state index >= 15 is 0 Å². The van der Waals surface area contributed by atoms with Crippen molar-refractivity contribution in [2.45, 2.75) is 12.8 Å². The van der Waals surface area contributed by atoms with Crippen LogP contribution in [0.1, 0.15) is 11.5 Å². The van der Waals surface area contributed by atoms with Crippen LogP contribution >= 0.6 is 0 Å². The Kier molecular flexibility index (Phi) is 3.30. The van der Waals surface area contributed by atoms with Crippen molar-refractivity contribution in [1.82, 2.24) is 10.1 Å². The summed E-state index contributed by atoms with van der Waals surface area (Å²) in [6.07, 6.45) is -4.41. The fraction of sp³-hybridized carbons (Fsp3) is 0.200. The molecule has 18 heavy (non-hydrogen) atoms. The maximum Gasteiger partial charge on any atom is 0.416 e. The summed E-state index contributed by atoms with van der Waals surface area (Å²) in [5.74, 6) is 4.95. The first-order valence-corrected chi connectivity index (χ1v) is 4.82. The molecule has 0 radical (unpaired) electrons. The molecular weight excluding hydrogens is 251 g/mol. The van der Waals surface area contributed by atoms with Crippen molar-refractivity contribution in [3.05, 3.63) is 35.7 Å². The normalized spacial score (nSPS) is 11.8. The van der Waals surface area contributed by atoms with Crippen LogP contribution in [0.4, 0.5) is 13.2 Å². The van der Waals surface area contributed by atoms with Gasteiger partial charge in [0.05, 0.1) is 5.56 Å². The number of rotatable bonds is 3. The summed E-state index contributed by atoms with van der Waals surface area (Å²) in [4.78, 5) is 8.12. The minimum absolute atomic E-state index is 0.0492. The second-order valence-corrected chi connectivity index (χ2v) is 3.40. The lowest BCUT2D eigenvalue weighted by molar-refractivity contribution is -0.137. The van der Waals surface area contributed by atoms with Gasteiger partial charge in [-0.1, -0.05) is 17.3 Å². The first kappa shape index (κ1) is 12.5. The standard InChI is InChI=1S/C10H8F3N3O2/c11-10(12,13)7-3-1-2-6(4-7)9-15-8(5-17-14)18-16-9/h1-4H,5,14H2. The fourth-order valence-corrected chi connectivity index (χ4v) is 1.34. The highest BCUT2D eigenvalue weighted by Crippen LogP contribution is 2.31. The Morgan fingerprint density at radius 1 is 1.33 bits per heavy atom. The second kappa shape index (κ2) is 4.75. The van der Waals surface area contributed by atoms with Crippen molar-refractivity contribution >= 4 is 0 Å². The van der Waals surface area contributed by atoms with E-state index in [9.17, 15) is 13.2 Å². The third-order valence-corrected chi connectivity index (χ3v) is 2.12. The number of halogens is 3. The van der Waals surface area contributed by atoms with Crippen LogP contribution in [0.5, 0.6) is 0 Å². The van der Waals surface area contributed by atoms with Crippen LogP contribution in [0.2, 0.25) is 0 Å². The van der Waals surface area contributed by atoms with Crippen LogP contribution < -0.4 is 5.90 Å². The fourth-order valence-electron chi connectivity index (χ4n) is 1.34. The Bertz CT molecular complexity index is 539. The molecule has 2 N–H and O–H groups in total. The van der Waals surface area contributed by atoms with Gasteiger partial charge in [-0.25, -0.2) is 5.90 Å². The van der Waals surface area contributed by atoms with Crippen LogP contribution in [-0.2, 0) is 17.6 Å². The Balaban J connectivity index is 2.32. The number of alkyl halides is 3. The predicted molar refractivity (Wildman–Crippen MR) is 53.7 cm³/mol. The molecule has 96 valence electrons. The Hall–Kier alpha value is -1.93. The molecule has 2 rings (SSSR count). The first-order valence-electron chi connectivity index (χ1n) is 4.82. The predicted octanol–water partition coefficient (Wildman–Crippen LogP) is 2.15. The highest BCUT2D eigenvalue weighted by atomic mass is 19.4. The quantitative estimate of drug-likeness (QED) is 0.855. The van der Waals surface area contributed by atoms with E-state index in [0.29, 0.717) is 0 Å². The largest absolute Gasteiger partial charge is 0.416 e. The van der Waals surface area contributed by atoms with E-state index in [2.05, 4.69) is 15.0 Å². The third kappa shape index (κ3) is 2.66. The summed E-state index contributed by atoms with van der Waals surface area (Å²) >= 11 is 0. The lowest BCUT2D eigenvalue weighted by atomic mass is 10.1. The summed E-state index contributed by atoms with van der Waals surface area (Å²) < 4.78 is 42.3. The molecule has 0 unspecified atom stereocenters. The van der Waals surface area contributed by atoms with E-state index in [0.717, 1.165) is 12.1 Å². The van der Waals surface area contributed by atoms with E-state index in [-0.39, 0.29) is 23.9 Å². The van der Waals surface area contributed by atoms with Gasteiger partial charge in [-0.3, -0.25) is 4.84 Å². The van der Waals surface area contributed by atoms with Gasteiger partial charge in [0.2, 0.25) is 5.82 Å². The van der Waals surface area contributed by atoms with Crippen LogP contribution in [0.25, 0.3) is 11.4 Å². The molecule has 0 spiro atoms. The monoisotopic (exact) mass is 259 g/mol. The van der Waals surface area contributed by atoms with Crippen molar-refractivity contribution < 1.29 is 22.5 Å². The molecule has 0 saturated carbocycles. The van der Waals surface area contributed by atoms with E-state index in [4.69, 9.17) is 10.4 Å². The summed E-state index contributed by atoms with van der Waals surface area (Å²) in [5.41, 5.74) is -0.571.